The average Bonchev–Trinajstić information content (AvgIpc) is 2.94. The highest BCUT2D eigenvalue weighted by atomic mass is 35.5. The molecule has 0 aliphatic heterocycles. The molecule has 1 fully saturated rings. The number of carbonyl (C=O) groups is 1. The maximum atomic E-state index is 15.3. The van der Waals surface area contributed by atoms with E-state index in [9.17, 15) is 4.79 Å². The molecule has 4 aromatic carbocycles. The van der Waals surface area contributed by atoms with Crippen LogP contribution in [0.2, 0.25) is 5.02 Å². The van der Waals surface area contributed by atoms with Crippen molar-refractivity contribution >= 4 is 17.5 Å². The molecule has 0 heterocycles. The van der Waals surface area contributed by atoms with E-state index in [1.807, 2.05) is 67.6 Å². The van der Waals surface area contributed by atoms with Gasteiger partial charge in [-0.2, -0.15) is 0 Å². The minimum absolute atomic E-state index is 0.167. The van der Waals surface area contributed by atoms with Gasteiger partial charge in [-0.05, 0) is 77.8 Å². The lowest BCUT2D eigenvalue weighted by Crippen LogP contribution is -2.23. The van der Waals surface area contributed by atoms with Crippen LogP contribution in [-0.2, 0) is 11.4 Å². The Labute approximate surface area is 228 Å². The molecular formula is C33H31ClFNO2. The number of amides is 1. The van der Waals surface area contributed by atoms with Crippen LogP contribution in [0.25, 0.3) is 22.3 Å². The number of benzene rings is 4. The van der Waals surface area contributed by atoms with Gasteiger partial charge in [-0.1, -0.05) is 97.1 Å². The number of hydroxylamine groups is 1. The van der Waals surface area contributed by atoms with E-state index in [2.05, 4.69) is 11.5 Å². The third-order valence-corrected chi connectivity index (χ3v) is 7.59. The first-order valence-corrected chi connectivity index (χ1v) is 13.5. The van der Waals surface area contributed by atoms with Crippen molar-refractivity contribution in [2.24, 2.45) is 0 Å². The highest BCUT2D eigenvalue weighted by Crippen LogP contribution is 2.38. The predicted molar refractivity (Wildman–Crippen MR) is 152 cm³/mol. The molecule has 1 N–H and O–H groups in total. The largest absolute Gasteiger partial charge is 0.274 e. The molecule has 0 bridgehead atoms. The number of aryl methyl sites for hydroxylation is 1. The molecule has 38 heavy (non-hydrogen) atoms. The van der Waals surface area contributed by atoms with Gasteiger partial charge < -0.3 is 0 Å². The fourth-order valence-electron chi connectivity index (χ4n) is 5.38. The second-order valence-electron chi connectivity index (χ2n) is 10.0. The van der Waals surface area contributed by atoms with Gasteiger partial charge in [-0.25, -0.2) is 9.87 Å². The zero-order valence-corrected chi connectivity index (χ0v) is 22.2. The SMILES string of the molecule is Cc1ccc(-c2ccc(Cl)cc2)c(CONC(=O)c2ccc(-c3ccccc3C3CCCCC3)c(F)c2)c1. The molecule has 1 aliphatic rings. The zero-order valence-electron chi connectivity index (χ0n) is 21.5. The summed E-state index contributed by atoms with van der Waals surface area (Å²) >= 11 is 6.04. The standard InChI is InChI=1S/C33H31ClFNO2/c1-22-11-17-28(24-12-15-27(34)16-13-24)26(19-22)21-38-36-33(37)25-14-18-31(32(35)20-25)30-10-6-5-9-29(30)23-7-3-2-4-8-23/h5-6,9-20,23H,2-4,7-8,21H2,1H3,(H,36,37). The van der Waals surface area contributed by atoms with E-state index < -0.39 is 11.7 Å². The number of carbonyl (C=O) groups excluding carboxylic acids is 1. The number of halogens is 2. The average molecular weight is 528 g/mol. The van der Waals surface area contributed by atoms with Crippen molar-refractivity contribution in [3.8, 4) is 22.3 Å². The lowest BCUT2D eigenvalue weighted by molar-refractivity contribution is 0.0234. The van der Waals surface area contributed by atoms with Crippen LogP contribution in [0, 0.1) is 12.7 Å². The summed E-state index contributed by atoms with van der Waals surface area (Å²) in [5, 5.41) is 0.668. The quantitative estimate of drug-likeness (QED) is 0.243. The highest BCUT2D eigenvalue weighted by molar-refractivity contribution is 6.30. The fraction of sp³-hybridized carbons (Fsp3) is 0.242. The molecule has 3 nitrogen and oxygen atoms in total. The second-order valence-corrected chi connectivity index (χ2v) is 10.4. The third-order valence-electron chi connectivity index (χ3n) is 7.34. The molecule has 4 aromatic rings. The molecule has 0 atom stereocenters. The molecule has 0 unspecified atom stereocenters. The van der Waals surface area contributed by atoms with E-state index in [0.717, 1.165) is 40.7 Å². The van der Waals surface area contributed by atoms with Gasteiger partial charge in [0.25, 0.3) is 5.91 Å². The van der Waals surface area contributed by atoms with Crippen LogP contribution in [0.4, 0.5) is 4.39 Å². The van der Waals surface area contributed by atoms with Crippen molar-refractivity contribution in [2.45, 2.75) is 51.6 Å². The van der Waals surface area contributed by atoms with Crippen LogP contribution >= 0.6 is 11.6 Å². The van der Waals surface area contributed by atoms with E-state index in [1.54, 1.807) is 12.1 Å². The lowest BCUT2D eigenvalue weighted by Gasteiger charge is -2.24. The fourth-order valence-corrected chi connectivity index (χ4v) is 5.50. The van der Waals surface area contributed by atoms with Gasteiger partial charge in [0, 0.05) is 16.1 Å². The Morgan fingerprint density at radius 3 is 2.39 bits per heavy atom. The van der Waals surface area contributed by atoms with Gasteiger partial charge in [0.05, 0.1) is 0 Å². The van der Waals surface area contributed by atoms with Crippen LogP contribution < -0.4 is 5.48 Å². The summed E-state index contributed by atoms with van der Waals surface area (Å²) < 4.78 is 15.3. The Morgan fingerprint density at radius 1 is 0.895 bits per heavy atom. The van der Waals surface area contributed by atoms with Crippen LogP contribution in [0.3, 0.4) is 0 Å². The number of hydrogen-bond donors (Lipinski definition) is 1. The molecule has 0 aromatic heterocycles. The van der Waals surface area contributed by atoms with E-state index in [-0.39, 0.29) is 12.2 Å². The van der Waals surface area contributed by atoms with Crippen molar-refractivity contribution in [2.75, 3.05) is 0 Å². The number of nitrogens with one attached hydrogen (secondary N) is 1. The molecule has 0 radical (unpaired) electrons. The maximum Gasteiger partial charge on any atom is 0.274 e. The molecule has 5 heteroatoms. The maximum absolute atomic E-state index is 15.3. The van der Waals surface area contributed by atoms with Crippen LogP contribution in [0.15, 0.2) is 84.9 Å². The molecular weight excluding hydrogens is 497 g/mol. The number of hydrogen-bond acceptors (Lipinski definition) is 2. The molecule has 1 saturated carbocycles. The van der Waals surface area contributed by atoms with E-state index >= 15 is 4.39 Å². The molecule has 1 aliphatic carbocycles. The summed E-state index contributed by atoms with van der Waals surface area (Å²) in [7, 11) is 0. The van der Waals surface area contributed by atoms with Crippen LogP contribution in [-0.4, -0.2) is 5.91 Å². The number of rotatable bonds is 7. The van der Waals surface area contributed by atoms with Crippen LogP contribution in [0.1, 0.15) is 65.1 Å². The van der Waals surface area contributed by atoms with Gasteiger partial charge in [0.2, 0.25) is 0 Å². The summed E-state index contributed by atoms with van der Waals surface area (Å²) in [6, 6.07) is 26.4. The van der Waals surface area contributed by atoms with Crippen molar-refractivity contribution < 1.29 is 14.0 Å². The summed E-state index contributed by atoms with van der Waals surface area (Å²) in [5.74, 6) is -0.448. The van der Waals surface area contributed by atoms with Gasteiger partial charge >= 0.3 is 0 Å². The lowest BCUT2D eigenvalue weighted by atomic mass is 9.81. The van der Waals surface area contributed by atoms with Crippen molar-refractivity contribution in [3.63, 3.8) is 0 Å². The Morgan fingerprint density at radius 2 is 1.63 bits per heavy atom. The van der Waals surface area contributed by atoms with Crippen molar-refractivity contribution in [1.82, 2.24) is 5.48 Å². The van der Waals surface area contributed by atoms with E-state index in [0.29, 0.717) is 16.5 Å². The molecule has 194 valence electrons. The summed E-state index contributed by atoms with van der Waals surface area (Å²) in [5.41, 5.74) is 9.33. The first-order valence-electron chi connectivity index (χ1n) is 13.2. The minimum Gasteiger partial charge on any atom is -0.269 e. The highest BCUT2D eigenvalue weighted by Gasteiger charge is 2.21. The first kappa shape index (κ1) is 26.1. The van der Waals surface area contributed by atoms with Crippen LogP contribution in [0.5, 0.6) is 0 Å². The molecule has 1 amide bonds. The Balaban J connectivity index is 1.28. The smallest absolute Gasteiger partial charge is 0.269 e. The summed E-state index contributed by atoms with van der Waals surface area (Å²) in [6.45, 7) is 2.17. The predicted octanol–water partition coefficient (Wildman–Crippen LogP) is 9.03. The van der Waals surface area contributed by atoms with Gasteiger partial charge in [0.15, 0.2) is 0 Å². The molecule has 0 saturated heterocycles. The topological polar surface area (TPSA) is 38.3 Å². The van der Waals surface area contributed by atoms with E-state index in [4.69, 9.17) is 16.4 Å². The van der Waals surface area contributed by atoms with Gasteiger partial charge in [-0.3, -0.25) is 9.63 Å². The van der Waals surface area contributed by atoms with Crippen molar-refractivity contribution in [1.29, 1.82) is 0 Å². The summed E-state index contributed by atoms with van der Waals surface area (Å²) in [4.78, 5) is 18.4. The Hall–Kier alpha value is -3.47. The summed E-state index contributed by atoms with van der Waals surface area (Å²) in [6.07, 6.45) is 5.97. The Bertz CT molecular complexity index is 1430. The van der Waals surface area contributed by atoms with Crippen molar-refractivity contribution in [3.05, 3.63) is 118 Å². The molecule has 0 spiro atoms. The second kappa shape index (κ2) is 11.9. The van der Waals surface area contributed by atoms with E-state index in [1.165, 1.54) is 30.9 Å². The van der Waals surface area contributed by atoms with Gasteiger partial charge in [-0.15, -0.1) is 0 Å². The first-order chi connectivity index (χ1) is 18.5. The van der Waals surface area contributed by atoms with Gasteiger partial charge in [0.1, 0.15) is 12.4 Å². The third kappa shape index (κ3) is 5.98. The Kier molecular flexibility index (Phi) is 8.21. The molecule has 5 rings (SSSR count). The monoisotopic (exact) mass is 527 g/mol. The normalized spacial score (nSPS) is 13.9. The minimum atomic E-state index is -0.489. The zero-order chi connectivity index (χ0) is 26.5.